The largest absolute Gasteiger partial charge is 0.510 e. The molecule has 48 heavy (non-hydrogen) atoms. The van der Waals surface area contributed by atoms with E-state index in [4.69, 9.17) is 10.7 Å². The number of nitrogens with two attached hydrogens (primary N) is 1. The Morgan fingerprint density at radius 3 is 2.29 bits per heavy atom. The van der Waals surface area contributed by atoms with Crippen molar-refractivity contribution in [3.05, 3.63) is 57.8 Å². The molecule has 13 heteroatoms. The molecular weight excluding hydrogens is 618 g/mol. The molecule has 4 fully saturated rings. The molecule has 0 saturated heterocycles. The number of hydrogen-bond donors (Lipinski definition) is 8. The SMILES string of the molecule is C[C@@H]1c2ccc(Nc3nc(C4C5CC6CC(C5)CC4C6)c[nH]3)c(O)c2C(=O)C2=C(O)[C@]3(O)C(=O)C(C(N)=O)=C(O)[C@@H](N(C)C)[C@@H]3[C@@H](O)[C@@H]21. The van der Waals surface area contributed by atoms with E-state index in [0.717, 1.165) is 17.5 Å². The third-order valence-electron chi connectivity index (χ3n) is 12.6. The smallest absolute Gasteiger partial charge is 0.255 e. The summed E-state index contributed by atoms with van der Waals surface area (Å²) in [6.07, 6.45) is 6.62. The van der Waals surface area contributed by atoms with Crippen molar-refractivity contribution in [3.8, 4) is 5.75 Å². The molecule has 9 N–H and O–H groups in total. The van der Waals surface area contributed by atoms with Crippen LogP contribution in [0.4, 0.5) is 11.6 Å². The van der Waals surface area contributed by atoms with Crippen molar-refractivity contribution in [2.24, 2.45) is 41.2 Å². The minimum Gasteiger partial charge on any atom is -0.510 e. The van der Waals surface area contributed by atoms with Gasteiger partial charge in [0.05, 0.1) is 35.0 Å². The lowest BCUT2D eigenvalue weighted by Gasteiger charge is -2.54. The number of imidazole rings is 1. The number of carbonyl (C=O) groups is 3. The number of aromatic amines is 1. The Labute approximate surface area is 276 Å². The number of aliphatic hydroxyl groups excluding tert-OH is 3. The van der Waals surface area contributed by atoms with Crippen LogP contribution in [-0.4, -0.2) is 89.7 Å². The molecule has 4 bridgehead atoms. The number of anilines is 2. The second-order valence-electron chi connectivity index (χ2n) is 15.2. The third kappa shape index (κ3) is 4.01. The number of aromatic hydroxyl groups is 1. The molecule has 0 unspecified atom stereocenters. The van der Waals surface area contributed by atoms with Crippen molar-refractivity contribution in [1.82, 2.24) is 14.9 Å². The van der Waals surface area contributed by atoms with E-state index in [0.29, 0.717) is 29.3 Å². The number of phenolic OH excluding ortho intramolecular Hbond substituents is 1. The normalized spacial score (nSPS) is 38.3. The predicted octanol–water partition coefficient (Wildman–Crippen LogP) is 2.66. The van der Waals surface area contributed by atoms with Crippen LogP contribution in [0.2, 0.25) is 0 Å². The second-order valence-corrected chi connectivity index (χ2v) is 15.2. The number of carbonyl (C=O) groups excluding carboxylic acids is 3. The molecule has 7 aliphatic rings. The number of likely N-dealkylation sites (N-methyl/N-ethyl adjacent to an activating group) is 1. The van der Waals surface area contributed by atoms with Gasteiger partial charge < -0.3 is 41.6 Å². The number of amides is 1. The number of benzene rings is 1. The van der Waals surface area contributed by atoms with Crippen LogP contribution in [0, 0.1) is 35.5 Å². The molecule has 9 rings (SSSR count). The maximum atomic E-state index is 14.2. The van der Waals surface area contributed by atoms with Crippen LogP contribution >= 0.6 is 0 Å². The number of aromatic nitrogens is 2. The molecule has 1 aromatic carbocycles. The minimum atomic E-state index is -2.96. The van der Waals surface area contributed by atoms with E-state index in [1.807, 2.05) is 6.20 Å². The van der Waals surface area contributed by atoms with Crippen LogP contribution in [0.25, 0.3) is 0 Å². The predicted molar refractivity (Wildman–Crippen MR) is 171 cm³/mol. The van der Waals surface area contributed by atoms with Crippen LogP contribution in [0.15, 0.2) is 41.0 Å². The van der Waals surface area contributed by atoms with Crippen molar-refractivity contribution >= 4 is 29.1 Å². The summed E-state index contributed by atoms with van der Waals surface area (Å²) in [6.45, 7) is 1.70. The quantitative estimate of drug-likeness (QED) is 0.172. The summed E-state index contributed by atoms with van der Waals surface area (Å²) in [7, 11) is 3.00. The number of ketones is 2. The molecule has 13 nitrogen and oxygen atoms in total. The highest BCUT2D eigenvalue weighted by Gasteiger charge is 2.67. The van der Waals surface area contributed by atoms with Crippen molar-refractivity contribution in [3.63, 3.8) is 0 Å². The Bertz CT molecular complexity index is 1820. The second kappa shape index (κ2) is 10.4. The fourth-order valence-electron chi connectivity index (χ4n) is 10.8. The van der Waals surface area contributed by atoms with Crippen LogP contribution in [0.3, 0.4) is 0 Å². The molecule has 0 spiro atoms. The number of hydrogen-bond acceptors (Lipinski definition) is 11. The van der Waals surface area contributed by atoms with Crippen molar-refractivity contribution in [2.45, 2.75) is 68.6 Å². The Morgan fingerprint density at radius 2 is 1.69 bits per heavy atom. The third-order valence-corrected chi connectivity index (χ3v) is 12.6. The van der Waals surface area contributed by atoms with Crippen molar-refractivity contribution in [1.29, 1.82) is 0 Å². The molecule has 1 aromatic heterocycles. The molecule has 2 aromatic rings. The summed E-state index contributed by atoms with van der Waals surface area (Å²) in [6, 6.07) is 1.96. The number of nitrogens with one attached hydrogen (secondary N) is 2. The average Bonchev–Trinajstić information content (AvgIpc) is 3.47. The van der Waals surface area contributed by atoms with E-state index >= 15 is 0 Å². The van der Waals surface area contributed by atoms with E-state index in [1.165, 1.54) is 51.1 Å². The summed E-state index contributed by atoms with van der Waals surface area (Å²) in [5.41, 5.74) is 2.47. The molecule has 254 valence electrons. The lowest BCUT2D eigenvalue weighted by Crippen LogP contribution is -2.68. The van der Waals surface area contributed by atoms with E-state index in [-0.39, 0.29) is 11.3 Å². The number of rotatable bonds is 5. The molecule has 0 aliphatic heterocycles. The molecule has 1 heterocycles. The standard InChI is InChI=1S/C35H41N5O8/c1-12-17-4-5-18(38-34-37-11-19(39-34)21-15-7-13-6-14(9-15)10-16(21)8-13)27(41)22(17)28(42)23-20(12)29(43)25-26(40(2)3)30(44)24(33(36)47)32(46)35(25,48)31(23)45/h4-5,11-16,20-21,25-26,29,41,43-45,48H,6-10H2,1-3H3,(H2,36,47)(H2,37,38,39)/t12-,13?,14?,15?,16?,20-,21?,25-,26+,29+,35+/m1/s1. The fraction of sp³-hybridized carbons (Fsp3) is 0.543. The van der Waals surface area contributed by atoms with Crippen LogP contribution in [-0.2, 0) is 9.59 Å². The number of aliphatic hydroxyl groups is 4. The Balaban J connectivity index is 1.16. The highest BCUT2D eigenvalue weighted by Crippen LogP contribution is 2.60. The first-order chi connectivity index (χ1) is 22.7. The number of primary amides is 1. The topological polar surface area (TPSA) is 222 Å². The Morgan fingerprint density at radius 1 is 1.04 bits per heavy atom. The van der Waals surface area contributed by atoms with Crippen LogP contribution in [0.1, 0.15) is 72.5 Å². The summed E-state index contributed by atoms with van der Waals surface area (Å²) >= 11 is 0. The summed E-state index contributed by atoms with van der Waals surface area (Å²) < 4.78 is 0. The van der Waals surface area contributed by atoms with Gasteiger partial charge in [0.25, 0.3) is 5.91 Å². The van der Waals surface area contributed by atoms with Gasteiger partial charge in [0.15, 0.2) is 17.1 Å². The highest BCUT2D eigenvalue weighted by atomic mass is 16.4. The van der Waals surface area contributed by atoms with Gasteiger partial charge in [-0.1, -0.05) is 13.0 Å². The number of H-pyrrole nitrogens is 1. The molecular formula is C35H41N5O8. The number of nitrogens with zero attached hydrogens (tertiary/aromatic N) is 2. The first-order valence-electron chi connectivity index (χ1n) is 16.7. The number of phenols is 1. The van der Waals surface area contributed by atoms with Crippen LogP contribution in [0.5, 0.6) is 5.75 Å². The minimum absolute atomic E-state index is 0.159. The maximum Gasteiger partial charge on any atom is 0.255 e. The van der Waals surface area contributed by atoms with E-state index in [9.17, 15) is 39.9 Å². The lowest BCUT2D eigenvalue weighted by atomic mass is 9.51. The van der Waals surface area contributed by atoms with Gasteiger partial charge >= 0.3 is 0 Å². The Kier molecular flexibility index (Phi) is 6.74. The van der Waals surface area contributed by atoms with Gasteiger partial charge in [0, 0.05) is 23.6 Å². The van der Waals surface area contributed by atoms with Crippen LogP contribution < -0.4 is 11.1 Å². The van der Waals surface area contributed by atoms with Gasteiger partial charge in [-0.2, -0.15) is 0 Å². The van der Waals surface area contributed by atoms with Crippen molar-refractivity contribution < 1.29 is 39.9 Å². The first-order valence-corrected chi connectivity index (χ1v) is 16.7. The zero-order chi connectivity index (χ0) is 34.1. The first kappa shape index (κ1) is 31.1. The van der Waals surface area contributed by atoms with Gasteiger partial charge in [-0.05, 0) is 87.4 Å². The fourth-order valence-corrected chi connectivity index (χ4v) is 10.8. The summed E-state index contributed by atoms with van der Waals surface area (Å²) in [4.78, 5) is 49.5. The van der Waals surface area contributed by atoms with Gasteiger partial charge in [0.2, 0.25) is 11.7 Å². The average molecular weight is 660 g/mol. The molecule has 7 aliphatic carbocycles. The van der Waals surface area contributed by atoms with E-state index in [2.05, 4.69) is 10.3 Å². The zero-order valence-corrected chi connectivity index (χ0v) is 27.0. The van der Waals surface area contributed by atoms with Gasteiger partial charge in [-0.3, -0.25) is 19.3 Å². The van der Waals surface area contributed by atoms with E-state index in [1.54, 1.807) is 19.1 Å². The number of fused-ring (bicyclic) bond motifs is 3. The van der Waals surface area contributed by atoms with E-state index < -0.39 is 81.4 Å². The Hall–Kier alpha value is -4.20. The zero-order valence-electron chi connectivity index (χ0n) is 27.0. The highest BCUT2D eigenvalue weighted by molar-refractivity contribution is 6.25. The summed E-state index contributed by atoms with van der Waals surface area (Å²) in [5.74, 6) is -5.51. The van der Waals surface area contributed by atoms with Gasteiger partial charge in [-0.15, -0.1) is 0 Å². The summed E-state index contributed by atoms with van der Waals surface area (Å²) in [5, 5.41) is 61.0. The van der Waals surface area contributed by atoms with Crippen molar-refractivity contribution in [2.75, 3.05) is 19.4 Å². The van der Waals surface area contributed by atoms with Gasteiger partial charge in [0.1, 0.15) is 17.1 Å². The maximum absolute atomic E-state index is 14.2. The monoisotopic (exact) mass is 659 g/mol. The van der Waals surface area contributed by atoms with Gasteiger partial charge in [-0.25, -0.2) is 4.98 Å². The molecule has 4 saturated carbocycles. The number of Topliss-reactive ketones (excluding diaryl/α,β-unsaturated/α-hetero) is 2. The molecule has 0 radical (unpaired) electrons. The molecule has 1 amide bonds. The lowest BCUT2D eigenvalue weighted by molar-refractivity contribution is -0.162. The molecule has 6 atom stereocenters.